The van der Waals surface area contributed by atoms with Crippen LogP contribution in [0.15, 0.2) is 83.4 Å². The summed E-state index contributed by atoms with van der Waals surface area (Å²) in [6, 6.07) is 4.46. The van der Waals surface area contributed by atoms with Gasteiger partial charge in [-0.3, -0.25) is 38.6 Å². The zero-order chi connectivity index (χ0) is 55.9. The Morgan fingerprint density at radius 1 is 0.813 bits per heavy atom. The first-order valence-corrected chi connectivity index (χ1v) is 24.3. The lowest BCUT2D eigenvalue weighted by molar-refractivity contribution is -0.144. The number of ether oxygens (including phenoxy) is 1. The molecule has 410 valence electrons. The molecular formula is C51H72N10O14. The lowest BCUT2D eigenvalue weighted by Gasteiger charge is -2.28. The van der Waals surface area contributed by atoms with Crippen molar-refractivity contribution in [3.8, 4) is 5.75 Å². The number of hydrogen-bond donors (Lipinski definition) is 12. The number of rotatable bonds is 16. The molecule has 0 aromatic heterocycles. The van der Waals surface area contributed by atoms with E-state index in [1.165, 1.54) is 44.2 Å². The quantitative estimate of drug-likeness (QED) is 0.0420. The number of aliphatic hydroxyl groups is 1. The number of phenols is 1. The van der Waals surface area contributed by atoms with Gasteiger partial charge in [-0.25, -0.2) is 9.59 Å². The number of nitrogens with one attached hydrogen (secondary N) is 6. The highest BCUT2D eigenvalue weighted by atomic mass is 16.5. The number of carboxylic acid groups (broad SMARTS) is 2. The summed E-state index contributed by atoms with van der Waals surface area (Å²) in [5.41, 5.74) is 13.0. The molecule has 0 aliphatic carbocycles. The van der Waals surface area contributed by atoms with Gasteiger partial charge in [-0.1, -0.05) is 80.1 Å². The molecular weight excluding hydrogens is 977 g/mol. The van der Waals surface area contributed by atoms with Crippen LogP contribution in [0.2, 0.25) is 0 Å². The number of phenolic OH excluding ortho intramolecular Hbond substituents is 1. The third-order valence-corrected chi connectivity index (χ3v) is 12.5. The number of aliphatic imine (C=N–C) groups is 1. The van der Waals surface area contributed by atoms with Gasteiger partial charge in [-0.05, 0) is 62.8 Å². The molecule has 2 aromatic carbocycles. The first kappa shape index (κ1) is 61.4. The van der Waals surface area contributed by atoms with E-state index in [0.717, 1.165) is 17.5 Å². The summed E-state index contributed by atoms with van der Waals surface area (Å²) >= 11 is 0. The highest BCUT2D eigenvalue weighted by Crippen LogP contribution is 2.19. The number of aliphatic carboxylic acids is 2. The van der Waals surface area contributed by atoms with E-state index in [9.17, 15) is 63.6 Å². The summed E-state index contributed by atoms with van der Waals surface area (Å²) < 4.78 is 5.81. The number of hydrogen-bond acceptors (Lipinski definition) is 13. The van der Waals surface area contributed by atoms with Crippen molar-refractivity contribution in [2.75, 3.05) is 27.3 Å². The monoisotopic (exact) mass is 1050 g/mol. The van der Waals surface area contributed by atoms with Crippen LogP contribution in [-0.4, -0.2) is 160 Å². The van der Waals surface area contributed by atoms with Gasteiger partial charge in [0.05, 0.1) is 31.1 Å². The number of carbonyl (C=O) groups is 9. The van der Waals surface area contributed by atoms with Gasteiger partial charge in [0.1, 0.15) is 42.0 Å². The van der Waals surface area contributed by atoms with Crippen LogP contribution in [-0.2, 0) is 60.7 Å². The Hall–Kier alpha value is -7.86. The summed E-state index contributed by atoms with van der Waals surface area (Å²) in [5.74, 6) is -11.6. The summed E-state index contributed by atoms with van der Waals surface area (Å²) in [6.07, 6.45) is 3.09. The van der Waals surface area contributed by atoms with Gasteiger partial charge in [0.2, 0.25) is 41.4 Å². The Labute approximate surface area is 435 Å². The van der Waals surface area contributed by atoms with Crippen LogP contribution in [0.4, 0.5) is 0 Å². The molecule has 24 nitrogen and oxygen atoms in total. The predicted octanol–water partition coefficient (Wildman–Crippen LogP) is -0.878. The zero-order valence-corrected chi connectivity index (χ0v) is 43.0. The molecule has 0 unspecified atom stereocenters. The van der Waals surface area contributed by atoms with Crippen LogP contribution in [0.25, 0.3) is 0 Å². The van der Waals surface area contributed by atoms with Crippen LogP contribution in [0.3, 0.4) is 0 Å². The van der Waals surface area contributed by atoms with Crippen molar-refractivity contribution in [1.29, 1.82) is 0 Å². The third-order valence-electron chi connectivity index (χ3n) is 12.5. The lowest BCUT2D eigenvalue weighted by atomic mass is 9.94. The van der Waals surface area contributed by atoms with Crippen LogP contribution in [0.5, 0.6) is 5.75 Å². The van der Waals surface area contributed by atoms with Crippen LogP contribution in [0.1, 0.15) is 70.9 Å². The van der Waals surface area contributed by atoms with Crippen molar-refractivity contribution >= 4 is 59.2 Å². The first-order valence-electron chi connectivity index (χ1n) is 24.3. The molecule has 14 N–H and O–H groups in total. The molecule has 1 heterocycles. The second-order valence-corrected chi connectivity index (χ2v) is 18.4. The van der Waals surface area contributed by atoms with E-state index in [4.69, 9.17) is 16.2 Å². The Kier molecular flexibility index (Phi) is 24.9. The molecule has 0 saturated carbocycles. The van der Waals surface area contributed by atoms with Crippen molar-refractivity contribution < 1.29 is 68.3 Å². The standard InChI is InChI=1S/C51H72N10O14/c1-28(23-29(2)41(75-6)25-32-11-8-7-9-12-32)14-19-35-30(3)44(66)59-37(49(71)72)20-21-43(65)61(5)40(27-62)48(70)55-31(4)45(67)58-36(13-10-22-54-51(52)53)46(68)60-39(50(73)74)26-42(64)56-38(47(69)57-35)24-33-15-17-34(63)18-16-33/h7-9,11-12,14-19,23,29-31,35-41,62-63H,10,13,20-22,24-27H2,1-6H3,(H,55,70)(H,56,64)(H,57,69)(H,58,67)(H,59,66)(H,60,68)(H,71,72)(H,73,74)(H4,52,53,54)/b19-14+,28-23+/t29-,30-,31+,35-,36-,37+,38-,39+,40-,41-/m0/s1. The van der Waals surface area contributed by atoms with Crippen LogP contribution >= 0.6 is 0 Å². The average Bonchev–Trinajstić information content (AvgIpc) is 3.36. The summed E-state index contributed by atoms with van der Waals surface area (Å²) in [7, 11) is 2.76. The van der Waals surface area contributed by atoms with Gasteiger partial charge in [-0.2, -0.15) is 0 Å². The van der Waals surface area contributed by atoms with Crippen molar-refractivity contribution in [2.45, 2.75) is 121 Å². The maximum absolute atomic E-state index is 14.5. The van der Waals surface area contributed by atoms with Gasteiger partial charge < -0.3 is 73.4 Å². The molecule has 1 aliphatic heterocycles. The number of allylic oxidation sites excluding steroid dienone is 2. The number of aromatic hydroxyl groups is 1. The number of guanidine groups is 1. The van der Waals surface area contributed by atoms with E-state index in [-0.39, 0.29) is 49.5 Å². The SMILES string of the molecule is CO[C@@H](Cc1ccccc1)[C@@H](C)/C=C(C)/C=C/[C@@H]1NC(=O)[C@H](Cc2ccc(O)cc2)NC(=O)C[C@H](C(=O)O)NC(=O)[C@H](CCCN=C(N)N)NC(=O)[C@@H](C)NC(=O)[C@H](CO)N(C)C(=O)CC[C@H](C(=O)O)NC(=O)[C@H]1C. The Morgan fingerprint density at radius 3 is 2.04 bits per heavy atom. The zero-order valence-electron chi connectivity index (χ0n) is 43.0. The van der Waals surface area contributed by atoms with E-state index in [0.29, 0.717) is 17.6 Å². The fourth-order valence-corrected chi connectivity index (χ4v) is 7.92. The minimum absolute atomic E-state index is 0.0194. The molecule has 0 spiro atoms. The maximum Gasteiger partial charge on any atom is 0.326 e. The lowest BCUT2D eigenvalue weighted by Crippen LogP contribution is -2.58. The normalized spacial score (nSPS) is 24.4. The molecule has 2 aromatic rings. The van der Waals surface area contributed by atoms with Crippen LogP contribution < -0.4 is 43.4 Å². The number of likely N-dealkylation sites (N-methyl/N-ethyl adjacent to an activating group) is 1. The molecule has 24 heteroatoms. The summed E-state index contributed by atoms with van der Waals surface area (Å²) in [4.78, 5) is 126. The summed E-state index contributed by atoms with van der Waals surface area (Å²) in [6.45, 7) is 5.41. The van der Waals surface area contributed by atoms with Gasteiger partial charge >= 0.3 is 11.9 Å². The Balaban J connectivity index is 2.14. The third kappa shape index (κ3) is 20.5. The van der Waals surface area contributed by atoms with E-state index in [1.807, 2.05) is 43.3 Å². The smallest absolute Gasteiger partial charge is 0.326 e. The van der Waals surface area contributed by atoms with E-state index >= 15 is 0 Å². The molecule has 1 aliphatic rings. The number of aliphatic hydroxyl groups excluding tert-OH is 1. The van der Waals surface area contributed by atoms with Crippen molar-refractivity contribution in [3.05, 3.63) is 89.5 Å². The number of nitrogens with zero attached hydrogens (tertiary/aromatic N) is 2. The van der Waals surface area contributed by atoms with Crippen molar-refractivity contribution in [1.82, 2.24) is 36.8 Å². The number of methoxy groups -OCH3 is 1. The second-order valence-electron chi connectivity index (χ2n) is 18.4. The van der Waals surface area contributed by atoms with Crippen molar-refractivity contribution in [2.24, 2.45) is 28.3 Å². The van der Waals surface area contributed by atoms with Crippen molar-refractivity contribution in [3.63, 3.8) is 0 Å². The Bertz CT molecular complexity index is 2400. The van der Waals surface area contributed by atoms with Gasteiger partial charge in [-0.15, -0.1) is 0 Å². The van der Waals surface area contributed by atoms with E-state index in [1.54, 1.807) is 20.1 Å². The largest absolute Gasteiger partial charge is 0.508 e. The molecule has 0 radical (unpaired) electrons. The molecule has 1 fully saturated rings. The molecule has 0 bridgehead atoms. The van der Waals surface area contributed by atoms with Crippen LogP contribution in [0, 0.1) is 11.8 Å². The van der Waals surface area contributed by atoms with E-state index < -0.39 is 127 Å². The molecule has 10 atom stereocenters. The highest BCUT2D eigenvalue weighted by Gasteiger charge is 2.35. The van der Waals surface area contributed by atoms with Gasteiger partial charge in [0.15, 0.2) is 5.96 Å². The number of nitrogens with two attached hydrogens (primary N) is 2. The number of benzene rings is 2. The fourth-order valence-electron chi connectivity index (χ4n) is 7.92. The predicted molar refractivity (Wildman–Crippen MR) is 274 cm³/mol. The molecule has 75 heavy (non-hydrogen) atoms. The number of carbonyl (C=O) groups excluding carboxylic acids is 7. The topological polar surface area (TPSA) is 384 Å². The highest BCUT2D eigenvalue weighted by molar-refractivity contribution is 5.96. The summed E-state index contributed by atoms with van der Waals surface area (Å²) in [5, 5.41) is 55.4. The van der Waals surface area contributed by atoms with Gasteiger partial charge in [0.25, 0.3) is 0 Å². The first-order chi connectivity index (χ1) is 35.4. The average molecular weight is 1050 g/mol. The number of amides is 7. The fraction of sp³-hybridized carbons (Fsp3) is 0.490. The minimum atomic E-state index is -1.94. The second kappa shape index (κ2) is 30.4. The molecule has 3 rings (SSSR count). The minimum Gasteiger partial charge on any atom is -0.508 e. The number of carboxylic acids is 2. The molecule has 1 saturated heterocycles. The van der Waals surface area contributed by atoms with Gasteiger partial charge in [0, 0.05) is 39.5 Å². The molecule has 7 amide bonds. The Morgan fingerprint density at radius 2 is 1.44 bits per heavy atom. The maximum atomic E-state index is 14.5. The van der Waals surface area contributed by atoms with E-state index in [2.05, 4.69) is 36.9 Å².